The van der Waals surface area contributed by atoms with Gasteiger partial charge in [0.25, 0.3) is 0 Å². The van der Waals surface area contributed by atoms with Gasteiger partial charge in [0.15, 0.2) is 0 Å². The minimum absolute atomic E-state index is 0.201. The van der Waals surface area contributed by atoms with Crippen molar-refractivity contribution in [3.8, 4) is 0 Å². The van der Waals surface area contributed by atoms with Crippen molar-refractivity contribution in [2.45, 2.75) is 110 Å². The van der Waals surface area contributed by atoms with Crippen molar-refractivity contribution in [2.75, 3.05) is 19.8 Å². The molecule has 0 spiro atoms. The molecule has 1 N–H and O–H groups in total. The number of hydrogen-bond acceptors (Lipinski definition) is 4. The van der Waals surface area contributed by atoms with Crippen LogP contribution in [-0.4, -0.2) is 37.0 Å². The highest BCUT2D eigenvalue weighted by molar-refractivity contribution is 5.82. The van der Waals surface area contributed by atoms with E-state index in [0.29, 0.717) is 6.61 Å². The van der Waals surface area contributed by atoms with Crippen LogP contribution in [0.5, 0.6) is 0 Å². The minimum atomic E-state index is -0.569. The Kier molecular flexibility index (Phi) is 20.7. The van der Waals surface area contributed by atoms with Gasteiger partial charge in [-0.2, -0.15) is 0 Å². The second kappa shape index (κ2) is 21.4. The second-order valence-electron chi connectivity index (χ2n) is 7.40. The van der Waals surface area contributed by atoms with Crippen LogP contribution < -0.4 is 0 Å². The summed E-state index contributed by atoms with van der Waals surface area (Å²) in [7, 11) is 0. The average molecular weight is 385 g/mol. The first-order valence-electron chi connectivity index (χ1n) is 11.3. The van der Waals surface area contributed by atoms with Crippen LogP contribution in [0.25, 0.3) is 0 Å². The van der Waals surface area contributed by atoms with E-state index < -0.39 is 6.10 Å². The maximum Gasteiger partial charge on any atom is 0.330 e. The molecule has 0 radical (unpaired) electrons. The van der Waals surface area contributed by atoms with E-state index >= 15 is 0 Å². The van der Waals surface area contributed by atoms with Crippen molar-refractivity contribution in [3.05, 3.63) is 12.2 Å². The summed E-state index contributed by atoms with van der Waals surface area (Å²) in [5.41, 5.74) is 0. The zero-order valence-corrected chi connectivity index (χ0v) is 17.9. The van der Waals surface area contributed by atoms with Gasteiger partial charge in [-0.25, -0.2) is 4.79 Å². The Bertz CT molecular complexity index is 341. The number of allylic oxidation sites excluding steroid dienone is 1. The fourth-order valence-corrected chi connectivity index (χ4v) is 2.93. The van der Waals surface area contributed by atoms with Crippen molar-refractivity contribution < 1.29 is 19.4 Å². The second-order valence-corrected chi connectivity index (χ2v) is 7.40. The van der Waals surface area contributed by atoms with Gasteiger partial charge in [0, 0.05) is 12.7 Å². The third kappa shape index (κ3) is 19.7. The van der Waals surface area contributed by atoms with Crippen LogP contribution in [-0.2, 0) is 14.3 Å². The van der Waals surface area contributed by atoms with Gasteiger partial charge < -0.3 is 14.6 Å². The molecule has 160 valence electrons. The van der Waals surface area contributed by atoms with E-state index in [0.717, 1.165) is 19.3 Å². The summed E-state index contributed by atoms with van der Waals surface area (Å²) in [5.74, 6) is -0.389. The largest absolute Gasteiger partial charge is 0.454 e. The Balaban J connectivity index is 3.60. The summed E-state index contributed by atoms with van der Waals surface area (Å²) in [5, 5.41) is 9.32. The lowest BCUT2D eigenvalue weighted by Gasteiger charge is -2.14. The van der Waals surface area contributed by atoms with Crippen molar-refractivity contribution in [3.63, 3.8) is 0 Å². The summed E-state index contributed by atoms with van der Waals surface area (Å²) in [6, 6.07) is 0. The first-order chi connectivity index (χ1) is 13.2. The molecule has 0 aliphatic rings. The third-order valence-corrected chi connectivity index (χ3v) is 4.66. The number of rotatable bonds is 20. The maximum atomic E-state index is 11.8. The molecule has 0 aliphatic heterocycles. The highest BCUT2D eigenvalue weighted by atomic mass is 16.6. The Morgan fingerprint density at radius 1 is 0.852 bits per heavy atom. The van der Waals surface area contributed by atoms with Crippen molar-refractivity contribution in [1.82, 2.24) is 0 Å². The molecule has 1 atom stereocenters. The van der Waals surface area contributed by atoms with E-state index in [1.54, 1.807) is 0 Å². The molecule has 0 aromatic heterocycles. The summed E-state index contributed by atoms with van der Waals surface area (Å²) < 4.78 is 10.8. The van der Waals surface area contributed by atoms with Gasteiger partial charge in [0.1, 0.15) is 6.10 Å². The normalized spacial score (nSPS) is 12.6. The molecule has 0 aromatic carbocycles. The third-order valence-electron chi connectivity index (χ3n) is 4.66. The van der Waals surface area contributed by atoms with Crippen LogP contribution in [0.1, 0.15) is 104 Å². The molecule has 4 nitrogen and oxygen atoms in total. The number of carbonyl (C=O) groups excluding carboxylic acids is 1. The fourth-order valence-electron chi connectivity index (χ4n) is 2.93. The smallest absolute Gasteiger partial charge is 0.330 e. The maximum absolute atomic E-state index is 11.8. The molecule has 27 heavy (non-hydrogen) atoms. The van der Waals surface area contributed by atoms with E-state index in [-0.39, 0.29) is 19.2 Å². The first-order valence-corrected chi connectivity index (χ1v) is 11.3. The molecule has 0 amide bonds. The first kappa shape index (κ1) is 26.1. The molecule has 0 bridgehead atoms. The Morgan fingerprint density at radius 2 is 1.41 bits per heavy atom. The predicted octanol–water partition coefficient (Wildman–Crippen LogP) is 5.96. The number of esters is 1. The van der Waals surface area contributed by atoms with Crippen LogP contribution in [0.4, 0.5) is 0 Å². The van der Waals surface area contributed by atoms with Gasteiger partial charge >= 0.3 is 5.97 Å². The molecule has 0 rings (SSSR count). The Morgan fingerprint density at radius 3 is 2.00 bits per heavy atom. The monoisotopic (exact) mass is 384 g/mol. The van der Waals surface area contributed by atoms with Crippen molar-refractivity contribution >= 4 is 5.97 Å². The number of unbranched alkanes of at least 4 members (excludes halogenated alkanes) is 12. The van der Waals surface area contributed by atoms with Gasteiger partial charge in [0.05, 0.1) is 13.2 Å². The minimum Gasteiger partial charge on any atom is -0.454 e. The topological polar surface area (TPSA) is 55.8 Å². The van der Waals surface area contributed by atoms with E-state index in [9.17, 15) is 9.90 Å². The predicted molar refractivity (Wildman–Crippen MR) is 113 cm³/mol. The number of aliphatic hydroxyl groups excluding tert-OH is 1. The standard InChI is InChI=1S/C23H44O4/c1-3-5-7-9-11-12-13-14-16-18-23(25)27-22(20-24)21-26-19-17-15-10-8-6-4-2/h16,18,22,24H,3-15,17,19-21H2,1-2H3. The van der Waals surface area contributed by atoms with Gasteiger partial charge in [-0.05, 0) is 19.3 Å². The molecule has 0 aliphatic carbocycles. The van der Waals surface area contributed by atoms with Crippen molar-refractivity contribution in [2.24, 2.45) is 0 Å². The van der Waals surface area contributed by atoms with Crippen LogP contribution in [0, 0.1) is 0 Å². The summed E-state index contributed by atoms with van der Waals surface area (Å²) in [6.45, 7) is 5.17. The van der Waals surface area contributed by atoms with Crippen LogP contribution in [0.2, 0.25) is 0 Å². The van der Waals surface area contributed by atoms with Gasteiger partial charge in [-0.1, -0.05) is 90.6 Å². The number of hydrogen-bond donors (Lipinski definition) is 1. The zero-order chi connectivity index (χ0) is 20.0. The SMILES string of the molecule is CCCCCCCCCC=CC(=O)OC(CO)COCCCCCCCC. The van der Waals surface area contributed by atoms with E-state index in [1.807, 2.05) is 6.08 Å². The molecule has 1 unspecified atom stereocenters. The molecule has 0 saturated heterocycles. The van der Waals surface area contributed by atoms with Crippen LogP contribution in [0.15, 0.2) is 12.2 Å². The Labute approximate surface area is 167 Å². The number of carbonyl (C=O) groups is 1. The lowest BCUT2D eigenvalue weighted by Crippen LogP contribution is -2.26. The number of ether oxygens (including phenoxy) is 2. The molecule has 0 saturated carbocycles. The molecule has 0 fully saturated rings. The van der Waals surface area contributed by atoms with Crippen LogP contribution in [0.3, 0.4) is 0 Å². The fraction of sp³-hybridized carbons (Fsp3) is 0.870. The van der Waals surface area contributed by atoms with E-state index in [1.165, 1.54) is 76.7 Å². The highest BCUT2D eigenvalue weighted by Crippen LogP contribution is 2.09. The molecule has 0 aromatic rings. The van der Waals surface area contributed by atoms with E-state index in [4.69, 9.17) is 9.47 Å². The summed E-state index contributed by atoms with van der Waals surface area (Å²) in [6.07, 6.45) is 19.9. The average Bonchev–Trinajstić information content (AvgIpc) is 2.67. The summed E-state index contributed by atoms with van der Waals surface area (Å²) in [4.78, 5) is 11.8. The highest BCUT2D eigenvalue weighted by Gasteiger charge is 2.11. The van der Waals surface area contributed by atoms with Crippen LogP contribution >= 0.6 is 0 Å². The van der Waals surface area contributed by atoms with Crippen molar-refractivity contribution in [1.29, 1.82) is 0 Å². The molecular weight excluding hydrogens is 340 g/mol. The van der Waals surface area contributed by atoms with Gasteiger partial charge in [-0.15, -0.1) is 0 Å². The quantitative estimate of drug-likeness (QED) is 0.160. The zero-order valence-electron chi connectivity index (χ0n) is 17.9. The van der Waals surface area contributed by atoms with E-state index in [2.05, 4.69) is 13.8 Å². The van der Waals surface area contributed by atoms with Gasteiger partial charge in [-0.3, -0.25) is 0 Å². The molecular formula is C23H44O4. The molecule has 4 heteroatoms. The Hall–Kier alpha value is -0.870. The van der Waals surface area contributed by atoms with Gasteiger partial charge in [0.2, 0.25) is 0 Å². The number of aliphatic hydroxyl groups is 1. The molecule has 0 heterocycles. The summed E-state index contributed by atoms with van der Waals surface area (Å²) >= 11 is 0. The lowest BCUT2D eigenvalue weighted by atomic mass is 10.1. The lowest BCUT2D eigenvalue weighted by molar-refractivity contribution is -0.148.